The van der Waals surface area contributed by atoms with Crippen LogP contribution in [0.4, 0.5) is 0 Å². The number of benzene rings is 1. The molecule has 2 aliphatic rings. The predicted octanol–water partition coefficient (Wildman–Crippen LogP) is 4.11. The smallest absolute Gasteiger partial charge is 0.287 e. The Morgan fingerprint density at radius 1 is 1.27 bits per heavy atom. The van der Waals surface area contributed by atoms with Gasteiger partial charge in [0.05, 0.1) is 12.7 Å². The highest BCUT2D eigenvalue weighted by Crippen LogP contribution is 2.50. The monoisotopic (exact) mass is 397 g/mol. The molecule has 0 radical (unpaired) electrons. The van der Waals surface area contributed by atoms with Crippen molar-refractivity contribution >= 4 is 34.9 Å². The van der Waals surface area contributed by atoms with Crippen LogP contribution < -0.4 is 9.47 Å². The van der Waals surface area contributed by atoms with Crippen molar-refractivity contribution < 1.29 is 19.1 Å². The number of Topliss-reactive ketones (excluding diaryl/α,β-unsaturated/α-hetero) is 1. The molecule has 0 N–H and O–H groups in total. The summed E-state index contributed by atoms with van der Waals surface area (Å²) in [4.78, 5) is 26.5. The largest absolute Gasteiger partial charge is 0.496 e. The number of rotatable bonds is 5. The molecule has 1 amide bonds. The summed E-state index contributed by atoms with van der Waals surface area (Å²) in [6.07, 6.45) is 2.66. The molecule has 0 fully saturated rings. The number of likely N-dealkylation sites (N-methyl/N-ethyl adjacent to an activating group) is 1. The van der Waals surface area contributed by atoms with Crippen molar-refractivity contribution in [1.82, 2.24) is 4.90 Å². The van der Waals surface area contributed by atoms with E-state index in [1.54, 1.807) is 19.2 Å². The lowest BCUT2D eigenvalue weighted by Gasteiger charge is -2.30. The number of nitrogens with zero attached hydrogens (tertiary/aromatic N) is 1. The Morgan fingerprint density at radius 3 is 2.50 bits per heavy atom. The van der Waals surface area contributed by atoms with Crippen LogP contribution >= 0.6 is 23.2 Å². The summed E-state index contributed by atoms with van der Waals surface area (Å²) in [5, 5.41) is -0.288. The maximum Gasteiger partial charge on any atom is 0.287 e. The first-order valence-electron chi connectivity index (χ1n) is 8.53. The molecule has 140 valence electrons. The van der Waals surface area contributed by atoms with Crippen LogP contribution in [0.15, 0.2) is 22.2 Å². The van der Waals surface area contributed by atoms with Gasteiger partial charge in [0, 0.05) is 12.6 Å². The predicted molar refractivity (Wildman–Crippen MR) is 100.0 cm³/mol. The Labute approximate surface area is 162 Å². The molecule has 0 bridgehead atoms. The number of halogens is 2. The van der Waals surface area contributed by atoms with Crippen molar-refractivity contribution in [3.63, 3.8) is 0 Å². The SMILES string of the molecule is COc1ccc2c(c1CCCC(C)C)OC1(C2=O)C(Cl)=C(Cl)C(=O)N1C. The van der Waals surface area contributed by atoms with E-state index < -0.39 is 17.4 Å². The lowest BCUT2D eigenvalue weighted by atomic mass is 9.97. The van der Waals surface area contributed by atoms with E-state index in [4.69, 9.17) is 32.7 Å². The van der Waals surface area contributed by atoms with Crippen molar-refractivity contribution in [2.45, 2.75) is 38.8 Å². The molecule has 1 atom stereocenters. The number of ketones is 1. The maximum atomic E-state index is 13.1. The first-order valence-corrected chi connectivity index (χ1v) is 9.28. The van der Waals surface area contributed by atoms with Crippen LogP contribution in [0.2, 0.25) is 0 Å². The van der Waals surface area contributed by atoms with E-state index in [1.807, 2.05) is 0 Å². The van der Waals surface area contributed by atoms with E-state index in [-0.39, 0.29) is 10.1 Å². The minimum absolute atomic E-state index is 0.0973. The van der Waals surface area contributed by atoms with Gasteiger partial charge in [-0.15, -0.1) is 0 Å². The van der Waals surface area contributed by atoms with Gasteiger partial charge < -0.3 is 9.47 Å². The number of hydrogen-bond donors (Lipinski definition) is 0. The second-order valence-electron chi connectivity index (χ2n) is 6.98. The zero-order chi connectivity index (χ0) is 19.2. The van der Waals surface area contributed by atoms with Gasteiger partial charge in [0.2, 0.25) is 5.78 Å². The summed E-state index contributed by atoms with van der Waals surface area (Å²) in [5.74, 6) is 0.710. The Bertz CT molecular complexity index is 818. The lowest BCUT2D eigenvalue weighted by Crippen LogP contribution is -2.53. The van der Waals surface area contributed by atoms with Crippen LogP contribution in [0, 0.1) is 5.92 Å². The summed E-state index contributed by atoms with van der Waals surface area (Å²) in [6, 6.07) is 3.39. The van der Waals surface area contributed by atoms with Gasteiger partial charge in [-0.1, -0.05) is 43.5 Å². The van der Waals surface area contributed by atoms with Gasteiger partial charge in [-0.25, -0.2) is 0 Å². The fourth-order valence-electron chi connectivity index (χ4n) is 3.44. The van der Waals surface area contributed by atoms with Gasteiger partial charge in [-0.2, -0.15) is 0 Å². The third-order valence-electron chi connectivity index (χ3n) is 4.90. The minimum atomic E-state index is -1.71. The quantitative estimate of drug-likeness (QED) is 0.749. The number of ether oxygens (including phenoxy) is 2. The summed E-state index contributed by atoms with van der Waals surface area (Å²) >= 11 is 12.3. The lowest BCUT2D eigenvalue weighted by molar-refractivity contribution is -0.131. The van der Waals surface area contributed by atoms with E-state index in [1.165, 1.54) is 7.05 Å². The van der Waals surface area contributed by atoms with Crippen LogP contribution in [0.25, 0.3) is 0 Å². The molecule has 0 aromatic heterocycles. The Kier molecular flexibility index (Phi) is 4.97. The van der Waals surface area contributed by atoms with Crippen molar-refractivity contribution in [3.05, 3.63) is 33.3 Å². The molecule has 5 nitrogen and oxygen atoms in total. The van der Waals surface area contributed by atoms with E-state index in [9.17, 15) is 9.59 Å². The molecule has 3 rings (SSSR count). The van der Waals surface area contributed by atoms with Gasteiger partial charge in [0.25, 0.3) is 11.6 Å². The summed E-state index contributed by atoms with van der Waals surface area (Å²) in [7, 11) is 3.04. The van der Waals surface area contributed by atoms with Crippen molar-refractivity contribution in [2.75, 3.05) is 14.2 Å². The second kappa shape index (κ2) is 6.78. The second-order valence-corrected chi connectivity index (χ2v) is 7.73. The van der Waals surface area contributed by atoms with E-state index >= 15 is 0 Å². The van der Waals surface area contributed by atoms with Gasteiger partial charge in [-0.3, -0.25) is 14.5 Å². The molecule has 1 aromatic carbocycles. The molecule has 1 aromatic rings. The fourth-order valence-corrected chi connectivity index (χ4v) is 4.03. The molecule has 0 saturated heterocycles. The third kappa shape index (κ3) is 2.60. The third-order valence-corrected chi connectivity index (χ3v) is 5.80. The molecule has 2 heterocycles. The van der Waals surface area contributed by atoms with E-state index in [0.717, 1.165) is 23.3 Å². The molecule has 1 spiro atoms. The van der Waals surface area contributed by atoms with Crippen molar-refractivity contribution in [3.8, 4) is 11.5 Å². The first kappa shape index (κ1) is 19.1. The normalized spacial score (nSPS) is 21.9. The maximum absolute atomic E-state index is 13.1. The molecule has 26 heavy (non-hydrogen) atoms. The van der Waals surface area contributed by atoms with Crippen LogP contribution in [0.3, 0.4) is 0 Å². The number of carbonyl (C=O) groups excluding carboxylic acids is 2. The number of hydrogen-bond acceptors (Lipinski definition) is 4. The number of fused-ring (bicyclic) bond motifs is 1. The zero-order valence-corrected chi connectivity index (χ0v) is 16.7. The average molecular weight is 398 g/mol. The number of carbonyl (C=O) groups is 2. The first-order chi connectivity index (χ1) is 12.3. The van der Waals surface area contributed by atoms with Crippen LogP contribution in [-0.2, 0) is 11.2 Å². The zero-order valence-electron chi connectivity index (χ0n) is 15.2. The van der Waals surface area contributed by atoms with Gasteiger partial charge in [-0.05, 0) is 30.9 Å². The molecular formula is C19H21Cl2NO4. The van der Waals surface area contributed by atoms with Crippen molar-refractivity contribution in [2.24, 2.45) is 5.92 Å². The molecule has 0 aliphatic carbocycles. The summed E-state index contributed by atoms with van der Waals surface area (Å²) < 4.78 is 11.5. The van der Waals surface area contributed by atoms with Crippen molar-refractivity contribution in [1.29, 1.82) is 0 Å². The Hall–Kier alpha value is -1.72. The molecule has 2 aliphatic heterocycles. The highest BCUT2D eigenvalue weighted by molar-refractivity contribution is 6.51. The fraction of sp³-hybridized carbons (Fsp3) is 0.474. The highest BCUT2D eigenvalue weighted by atomic mass is 35.5. The summed E-state index contributed by atoms with van der Waals surface area (Å²) in [6.45, 7) is 4.32. The minimum Gasteiger partial charge on any atom is -0.496 e. The molecular weight excluding hydrogens is 377 g/mol. The van der Waals surface area contributed by atoms with E-state index in [2.05, 4.69) is 13.8 Å². The number of methoxy groups -OCH3 is 1. The van der Waals surface area contributed by atoms with E-state index in [0.29, 0.717) is 29.4 Å². The molecule has 1 unspecified atom stereocenters. The average Bonchev–Trinajstić information content (AvgIpc) is 3.00. The molecule has 7 heteroatoms. The molecule has 0 saturated carbocycles. The Morgan fingerprint density at radius 2 is 1.96 bits per heavy atom. The van der Waals surface area contributed by atoms with Gasteiger partial charge >= 0.3 is 0 Å². The number of amides is 1. The topological polar surface area (TPSA) is 55.8 Å². The highest BCUT2D eigenvalue weighted by Gasteiger charge is 2.61. The van der Waals surface area contributed by atoms with Crippen LogP contribution in [0.5, 0.6) is 11.5 Å². The van der Waals surface area contributed by atoms with Crippen LogP contribution in [-0.4, -0.2) is 36.5 Å². The standard InChI is InChI=1S/C19H21Cl2NO4/c1-10(2)6-5-7-11-13(25-4)9-8-12-15(11)26-19(17(12)23)16(21)14(20)18(24)22(19)3/h8-10H,5-7H2,1-4H3. The Balaban J connectivity index is 2.06. The van der Waals surface area contributed by atoms with Gasteiger partial charge in [0.15, 0.2) is 0 Å². The van der Waals surface area contributed by atoms with Gasteiger partial charge in [0.1, 0.15) is 21.6 Å². The summed E-state index contributed by atoms with van der Waals surface area (Å²) in [5.41, 5.74) is -0.518. The van der Waals surface area contributed by atoms with Crippen LogP contribution in [0.1, 0.15) is 42.6 Å².